The van der Waals surface area contributed by atoms with Crippen LogP contribution in [0.25, 0.3) is 11.3 Å². The van der Waals surface area contributed by atoms with Crippen LogP contribution in [-0.4, -0.2) is 10.2 Å². The molecule has 1 heterocycles. The summed E-state index contributed by atoms with van der Waals surface area (Å²) < 4.78 is 0. The van der Waals surface area contributed by atoms with Crippen LogP contribution < -0.4 is 5.32 Å². The lowest BCUT2D eigenvalue weighted by Crippen LogP contribution is -2.18. The quantitative estimate of drug-likeness (QED) is 0.664. The summed E-state index contributed by atoms with van der Waals surface area (Å²) in [5.74, 6) is 0. The highest BCUT2D eigenvalue weighted by atomic mass is 35.5. The number of nitrogens with one attached hydrogen (secondary N) is 2. The molecule has 0 radical (unpaired) electrons. The second-order valence-electron chi connectivity index (χ2n) is 5.41. The molecule has 0 amide bonds. The maximum atomic E-state index is 6.30. The van der Waals surface area contributed by atoms with Crippen molar-refractivity contribution in [3.05, 3.63) is 75.9 Å². The van der Waals surface area contributed by atoms with Gasteiger partial charge >= 0.3 is 0 Å². The zero-order valence-electron chi connectivity index (χ0n) is 12.7. The maximum Gasteiger partial charge on any atom is 0.0710 e. The number of rotatable bonds is 5. The Kier molecular flexibility index (Phi) is 5.01. The first kappa shape index (κ1) is 16.1. The summed E-state index contributed by atoms with van der Waals surface area (Å²) in [6.07, 6.45) is 1.82. The zero-order valence-corrected chi connectivity index (χ0v) is 14.2. The number of hydrogen-bond acceptors (Lipinski definition) is 2. The van der Waals surface area contributed by atoms with Gasteiger partial charge in [-0.25, -0.2) is 0 Å². The van der Waals surface area contributed by atoms with E-state index in [0.717, 1.165) is 16.8 Å². The maximum absolute atomic E-state index is 6.30. The molecule has 0 saturated carbocycles. The van der Waals surface area contributed by atoms with Crippen LogP contribution in [0, 0.1) is 0 Å². The second-order valence-corrected chi connectivity index (χ2v) is 6.25. The lowest BCUT2D eigenvalue weighted by molar-refractivity contribution is 0.575. The average molecular weight is 346 g/mol. The lowest BCUT2D eigenvalue weighted by Gasteiger charge is -2.14. The predicted molar refractivity (Wildman–Crippen MR) is 95.7 cm³/mol. The highest BCUT2D eigenvalue weighted by molar-refractivity contribution is 6.36. The Labute approximate surface area is 145 Å². The summed E-state index contributed by atoms with van der Waals surface area (Å²) in [6.45, 7) is 2.84. The summed E-state index contributed by atoms with van der Waals surface area (Å²) in [7, 11) is 0. The van der Waals surface area contributed by atoms with Crippen molar-refractivity contribution in [1.82, 2.24) is 15.5 Å². The Hall–Kier alpha value is -1.81. The van der Waals surface area contributed by atoms with E-state index in [0.29, 0.717) is 16.6 Å². The van der Waals surface area contributed by atoms with Crippen molar-refractivity contribution < 1.29 is 0 Å². The molecule has 0 aliphatic carbocycles. The third-order valence-electron chi connectivity index (χ3n) is 3.82. The monoisotopic (exact) mass is 345 g/mol. The molecule has 0 spiro atoms. The first-order valence-corrected chi connectivity index (χ1v) is 8.16. The summed E-state index contributed by atoms with van der Waals surface area (Å²) in [5, 5.41) is 11.9. The number of aromatic nitrogens is 2. The Morgan fingerprint density at radius 3 is 2.65 bits per heavy atom. The largest absolute Gasteiger partial charge is 0.306 e. The summed E-state index contributed by atoms with van der Waals surface area (Å²) >= 11 is 12.3. The van der Waals surface area contributed by atoms with Gasteiger partial charge in [-0.3, -0.25) is 5.10 Å². The van der Waals surface area contributed by atoms with Crippen LogP contribution in [0.5, 0.6) is 0 Å². The smallest absolute Gasteiger partial charge is 0.0710 e. The van der Waals surface area contributed by atoms with Crippen molar-refractivity contribution in [2.24, 2.45) is 0 Å². The fourth-order valence-corrected chi connectivity index (χ4v) is 3.00. The third-order valence-corrected chi connectivity index (χ3v) is 4.36. The van der Waals surface area contributed by atoms with Gasteiger partial charge in [0.2, 0.25) is 0 Å². The minimum atomic E-state index is 0.250. The van der Waals surface area contributed by atoms with Gasteiger partial charge in [-0.1, -0.05) is 53.5 Å². The standard InChI is InChI=1S/C18H17Cl2N3/c1-12(13-5-3-2-4-6-13)21-10-14-11-22-23-18(14)16-8-7-15(19)9-17(16)20/h2-9,11-12,21H,10H2,1H3,(H,22,23). The summed E-state index contributed by atoms with van der Waals surface area (Å²) in [4.78, 5) is 0. The Morgan fingerprint density at radius 2 is 1.91 bits per heavy atom. The van der Waals surface area contributed by atoms with Crippen LogP contribution in [-0.2, 0) is 6.54 Å². The Balaban J connectivity index is 1.76. The van der Waals surface area contributed by atoms with E-state index >= 15 is 0 Å². The molecule has 23 heavy (non-hydrogen) atoms. The summed E-state index contributed by atoms with van der Waals surface area (Å²) in [5.41, 5.74) is 4.14. The van der Waals surface area contributed by atoms with E-state index in [4.69, 9.17) is 23.2 Å². The third kappa shape index (κ3) is 3.75. The van der Waals surface area contributed by atoms with Gasteiger partial charge in [0, 0.05) is 28.7 Å². The van der Waals surface area contributed by atoms with Gasteiger partial charge in [0.1, 0.15) is 0 Å². The van der Waals surface area contributed by atoms with Gasteiger partial charge in [0.05, 0.1) is 16.9 Å². The number of aromatic amines is 1. The van der Waals surface area contributed by atoms with Crippen LogP contribution in [0.15, 0.2) is 54.7 Å². The number of H-pyrrole nitrogens is 1. The van der Waals surface area contributed by atoms with E-state index in [2.05, 4.69) is 34.6 Å². The molecule has 5 heteroatoms. The van der Waals surface area contributed by atoms with Crippen LogP contribution in [0.4, 0.5) is 0 Å². The molecule has 1 aromatic heterocycles. The number of nitrogens with zero attached hydrogens (tertiary/aromatic N) is 1. The topological polar surface area (TPSA) is 40.7 Å². The predicted octanol–water partition coefficient (Wildman–Crippen LogP) is 5.23. The van der Waals surface area contributed by atoms with Crippen molar-refractivity contribution >= 4 is 23.2 Å². The van der Waals surface area contributed by atoms with E-state index in [9.17, 15) is 0 Å². The van der Waals surface area contributed by atoms with Gasteiger partial charge in [-0.15, -0.1) is 0 Å². The average Bonchev–Trinajstić information content (AvgIpc) is 3.01. The Bertz CT molecular complexity index is 784. The van der Waals surface area contributed by atoms with E-state index in [1.165, 1.54) is 5.56 Å². The van der Waals surface area contributed by atoms with Crippen LogP contribution >= 0.6 is 23.2 Å². The Morgan fingerprint density at radius 1 is 1.13 bits per heavy atom. The normalized spacial score (nSPS) is 12.3. The van der Waals surface area contributed by atoms with E-state index in [-0.39, 0.29) is 6.04 Å². The molecule has 2 N–H and O–H groups in total. The van der Waals surface area contributed by atoms with Crippen molar-refractivity contribution in [2.45, 2.75) is 19.5 Å². The van der Waals surface area contributed by atoms with Gasteiger partial charge in [-0.2, -0.15) is 5.10 Å². The highest BCUT2D eigenvalue weighted by Crippen LogP contribution is 2.31. The molecule has 2 aromatic carbocycles. The molecule has 1 unspecified atom stereocenters. The molecular weight excluding hydrogens is 329 g/mol. The van der Waals surface area contributed by atoms with Gasteiger partial charge in [0.25, 0.3) is 0 Å². The molecule has 1 atom stereocenters. The first-order valence-electron chi connectivity index (χ1n) is 7.41. The fourth-order valence-electron chi connectivity index (χ4n) is 2.49. The number of hydrogen-bond donors (Lipinski definition) is 2. The van der Waals surface area contributed by atoms with Gasteiger partial charge < -0.3 is 5.32 Å². The molecule has 0 saturated heterocycles. The van der Waals surface area contributed by atoms with Crippen LogP contribution in [0.1, 0.15) is 24.1 Å². The second kappa shape index (κ2) is 7.18. The fraction of sp³-hybridized carbons (Fsp3) is 0.167. The number of benzene rings is 2. The van der Waals surface area contributed by atoms with Crippen molar-refractivity contribution in [3.8, 4) is 11.3 Å². The molecular formula is C18H17Cl2N3. The van der Waals surface area contributed by atoms with Crippen LogP contribution in [0.3, 0.4) is 0 Å². The minimum Gasteiger partial charge on any atom is -0.306 e. The molecule has 3 rings (SSSR count). The SMILES string of the molecule is CC(NCc1cn[nH]c1-c1ccc(Cl)cc1Cl)c1ccccc1. The lowest BCUT2D eigenvalue weighted by atomic mass is 10.1. The zero-order chi connectivity index (χ0) is 16.2. The van der Waals surface area contributed by atoms with Crippen molar-refractivity contribution in [2.75, 3.05) is 0 Å². The van der Waals surface area contributed by atoms with Crippen LogP contribution in [0.2, 0.25) is 10.0 Å². The van der Waals surface area contributed by atoms with Crippen molar-refractivity contribution in [1.29, 1.82) is 0 Å². The summed E-state index contributed by atoms with van der Waals surface area (Å²) in [6, 6.07) is 16.1. The van der Waals surface area contributed by atoms with Gasteiger partial charge in [-0.05, 0) is 30.7 Å². The highest BCUT2D eigenvalue weighted by Gasteiger charge is 2.12. The molecule has 0 aliphatic rings. The van der Waals surface area contributed by atoms with E-state index in [1.807, 2.05) is 36.5 Å². The molecule has 118 valence electrons. The molecule has 0 bridgehead atoms. The van der Waals surface area contributed by atoms with E-state index in [1.54, 1.807) is 6.07 Å². The van der Waals surface area contributed by atoms with Crippen molar-refractivity contribution in [3.63, 3.8) is 0 Å². The van der Waals surface area contributed by atoms with E-state index < -0.39 is 0 Å². The molecule has 3 nitrogen and oxygen atoms in total. The molecule has 3 aromatic rings. The number of halogens is 2. The first-order chi connectivity index (χ1) is 11.1. The van der Waals surface area contributed by atoms with Gasteiger partial charge in [0.15, 0.2) is 0 Å². The molecule has 0 aliphatic heterocycles. The minimum absolute atomic E-state index is 0.250. The molecule has 0 fully saturated rings.